The Labute approximate surface area is 137 Å². The third-order valence-corrected chi connectivity index (χ3v) is 3.49. The normalized spacial score (nSPS) is 10.2. The summed E-state index contributed by atoms with van der Waals surface area (Å²) in [4.78, 5) is 12.0. The molecule has 23 heavy (non-hydrogen) atoms. The van der Waals surface area contributed by atoms with Crippen LogP contribution < -0.4 is 14.8 Å². The molecule has 0 bridgehead atoms. The summed E-state index contributed by atoms with van der Waals surface area (Å²) in [6.45, 7) is 3.22. The number of hydrogen-bond acceptors (Lipinski definition) is 3. The highest BCUT2D eigenvalue weighted by atomic mass is 16.5. The number of benzene rings is 2. The Kier molecular flexibility index (Phi) is 6.48. The number of hydrogen-bond donors (Lipinski definition) is 1. The van der Waals surface area contributed by atoms with Crippen LogP contribution in [0.25, 0.3) is 0 Å². The molecule has 0 spiro atoms. The summed E-state index contributed by atoms with van der Waals surface area (Å²) in [5.41, 5.74) is 2.16. The molecule has 2 aromatic carbocycles. The van der Waals surface area contributed by atoms with Gasteiger partial charge in [0.2, 0.25) is 5.91 Å². The van der Waals surface area contributed by atoms with Gasteiger partial charge in [0.15, 0.2) is 0 Å². The van der Waals surface area contributed by atoms with Crippen molar-refractivity contribution in [1.29, 1.82) is 0 Å². The topological polar surface area (TPSA) is 47.6 Å². The predicted octanol–water partition coefficient (Wildman–Crippen LogP) is 3.00. The highest BCUT2D eigenvalue weighted by Crippen LogP contribution is 2.13. The smallest absolute Gasteiger partial charge is 0.224 e. The molecule has 0 aliphatic rings. The Hall–Kier alpha value is -2.49. The molecule has 0 aliphatic heterocycles. The fraction of sp³-hybridized carbons (Fsp3) is 0.316. The average molecular weight is 313 g/mol. The quantitative estimate of drug-likeness (QED) is 0.815. The minimum Gasteiger partial charge on any atom is -0.497 e. The highest BCUT2D eigenvalue weighted by molar-refractivity contribution is 5.78. The molecular weight excluding hydrogens is 290 g/mol. The third kappa shape index (κ3) is 5.66. The molecule has 0 atom stereocenters. The van der Waals surface area contributed by atoms with Gasteiger partial charge in [-0.05, 0) is 48.7 Å². The molecule has 0 aromatic heterocycles. The van der Waals surface area contributed by atoms with E-state index in [2.05, 4.69) is 5.32 Å². The van der Waals surface area contributed by atoms with Crippen LogP contribution in [0.2, 0.25) is 0 Å². The first-order valence-electron chi connectivity index (χ1n) is 7.82. The molecule has 2 rings (SSSR count). The second-order valence-electron chi connectivity index (χ2n) is 5.20. The first-order valence-corrected chi connectivity index (χ1v) is 7.82. The van der Waals surface area contributed by atoms with E-state index in [4.69, 9.17) is 9.47 Å². The van der Waals surface area contributed by atoms with Crippen molar-refractivity contribution in [2.24, 2.45) is 0 Å². The van der Waals surface area contributed by atoms with Crippen molar-refractivity contribution in [3.8, 4) is 11.5 Å². The molecule has 0 radical (unpaired) electrons. The van der Waals surface area contributed by atoms with E-state index in [9.17, 15) is 4.79 Å². The van der Waals surface area contributed by atoms with Gasteiger partial charge in [0.05, 0.1) is 20.1 Å². The van der Waals surface area contributed by atoms with Gasteiger partial charge in [-0.3, -0.25) is 4.79 Å². The minimum absolute atomic E-state index is 0.0303. The molecule has 1 N–H and O–H groups in total. The Balaban J connectivity index is 1.73. The molecule has 4 heteroatoms. The molecule has 122 valence electrons. The van der Waals surface area contributed by atoms with Gasteiger partial charge in [-0.2, -0.15) is 0 Å². The number of carbonyl (C=O) groups excluding carboxylic acids is 1. The summed E-state index contributed by atoms with van der Waals surface area (Å²) < 4.78 is 10.5. The Bertz CT molecular complexity index is 606. The Morgan fingerprint density at radius 2 is 1.57 bits per heavy atom. The van der Waals surface area contributed by atoms with Crippen molar-refractivity contribution in [3.05, 3.63) is 59.7 Å². The van der Waals surface area contributed by atoms with E-state index in [0.29, 0.717) is 19.6 Å². The van der Waals surface area contributed by atoms with Gasteiger partial charge in [0, 0.05) is 6.54 Å². The Morgan fingerprint density at radius 3 is 2.17 bits per heavy atom. The lowest BCUT2D eigenvalue weighted by atomic mass is 10.1. The van der Waals surface area contributed by atoms with Crippen molar-refractivity contribution in [1.82, 2.24) is 5.32 Å². The van der Waals surface area contributed by atoms with Crippen LogP contribution in [-0.4, -0.2) is 26.2 Å². The van der Waals surface area contributed by atoms with Crippen molar-refractivity contribution in [2.75, 3.05) is 20.3 Å². The van der Waals surface area contributed by atoms with E-state index in [1.165, 1.54) is 5.56 Å². The van der Waals surface area contributed by atoms with Crippen LogP contribution in [0.1, 0.15) is 18.1 Å². The lowest BCUT2D eigenvalue weighted by molar-refractivity contribution is -0.120. The zero-order valence-electron chi connectivity index (χ0n) is 13.7. The van der Waals surface area contributed by atoms with Crippen molar-refractivity contribution < 1.29 is 14.3 Å². The maximum Gasteiger partial charge on any atom is 0.224 e. The van der Waals surface area contributed by atoms with Gasteiger partial charge in [0.1, 0.15) is 11.5 Å². The average Bonchev–Trinajstić information content (AvgIpc) is 2.57. The summed E-state index contributed by atoms with van der Waals surface area (Å²) in [5, 5.41) is 2.95. The SMILES string of the molecule is CCOc1ccc(CC(=O)NCCc2ccc(OC)cc2)cc1. The van der Waals surface area contributed by atoms with Crippen molar-refractivity contribution in [3.63, 3.8) is 0 Å². The number of methoxy groups -OCH3 is 1. The lowest BCUT2D eigenvalue weighted by Gasteiger charge is -2.07. The maximum atomic E-state index is 12.0. The van der Waals surface area contributed by atoms with Gasteiger partial charge in [0.25, 0.3) is 0 Å². The molecule has 2 aromatic rings. The number of rotatable bonds is 8. The van der Waals surface area contributed by atoms with Crippen LogP contribution in [0.5, 0.6) is 11.5 Å². The number of ether oxygens (including phenoxy) is 2. The van der Waals surface area contributed by atoms with E-state index >= 15 is 0 Å². The third-order valence-electron chi connectivity index (χ3n) is 3.49. The largest absolute Gasteiger partial charge is 0.497 e. The van der Waals surface area contributed by atoms with Gasteiger partial charge in [-0.1, -0.05) is 24.3 Å². The van der Waals surface area contributed by atoms with Crippen LogP contribution in [0.4, 0.5) is 0 Å². The monoisotopic (exact) mass is 313 g/mol. The van der Waals surface area contributed by atoms with Crippen LogP contribution in [0.3, 0.4) is 0 Å². The molecule has 0 aliphatic carbocycles. The zero-order valence-corrected chi connectivity index (χ0v) is 13.7. The summed E-state index contributed by atoms with van der Waals surface area (Å²) in [7, 11) is 1.65. The summed E-state index contributed by atoms with van der Waals surface area (Å²) in [6.07, 6.45) is 1.19. The summed E-state index contributed by atoms with van der Waals surface area (Å²) in [5.74, 6) is 1.70. The van der Waals surface area contributed by atoms with E-state index in [-0.39, 0.29) is 5.91 Å². The summed E-state index contributed by atoms with van der Waals surface area (Å²) in [6, 6.07) is 15.5. The molecule has 0 fully saturated rings. The van der Waals surface area contributed by atoms with Gasteiger partial charge < -0.3 is 14.8 Å². The van der Waals surface area contributed by atoms with E-state index in [1.807, 2.05) is 55.5 Å². The molecule has 0 heterocycles. The van der Waals surface area contributed by atoms with Gasteiger partial charge >= 0.3 is 0 Å². The minimum atomic E-state index is 0.0303. The predicted molar refractivity (Wildman–Crippen MR) is 91.0 cm³/mol. The van der Waals surface area contributed by atoms with Crippen LogP contribution in [0, 0.1) is 0 Å². The molecule has 0 saturated heterocycles. The van der Waals surface area contributed by atoms with Crippen LogP contribution >= 0.6 is 0 Å². The van der Waals surface area contributed by atoms with Crippen LogP contribution in [0.15, 0.2) is 48.5 Å². The first kappa shape index (κ1) is 16.9. The second-order valence-corrected chi connectivity index (χ2v) is 5.20. The molecule has 1 amide bonds. The maximum absolute atomic E-state index is 12.0. The van der Waals surface area contributed by atoms with Crippen LogP contribution in [-0.2, 0) is 17.6 Å². The molecule has 0 saturated carbocycles. The number of amides is 1. The Morgan fingerprint density at radius 1 is 0.957 bits per heavy atom. The van der Waals surface area contributed by atoms with E-state index in [0.717, 1.165) is 23.5 Å². The van der Waals surface area contributed by atoms with Gasteiger partial charge in [-0.25, -0.2) is 0 Å². The van der Waals surface area contributed by atoms with E-state index < -0.39 is 0 Å². The second kappa shape index (κ2) is 8.83. The fourth-order valence-electron chi connectivity index (χ4n) is 2.26. The fourth-order valence-corrected chi connectivity index (χ4v) is 2.26. The zero-order chi connectivity index (χ0) is 16.5. The molecule has 0 unspecified atom stereocenters. The lowest BCUT2D eigenvalue weighted by Crippen LogP contribution is -2.27. The molecular formula is C19H23NO3. The van der Waals surface area contributed by atoms with E-state index in [1.54, 1.807) is 7.11 Å². The first-order chi connectivity index (χ1) is 11.2. The van der Waals surface area contributed by atoms with Gasteiger partial charge in [-0.15, -0.1) is 0 Å². The highest BCUT2D eigenvalue weighted by Gasteiger charge is 2.04. The summed E-state index contributed by atoms with van der Waals surface area (Å²) >= 11 is 0. The standard InChI is InChI=1S/C19H23NO3/c1-3-23-18-10-6-16(7-11-18)14-19(21)20-13-12-15-4-8-17(22-2)9-5-15/h4-11H,3,12-14H2,1-2H3,(H,20,21). The van der Waals surface area contributed by atoms with Crippen molar-refractivity contribution in [2.45, 2.75) is 19.8 Å². The number of carbonyl (C=O) groups is 1. The number of nitrogens with one attached hydrogen (secondary N) is 1. The van der Waals surface area contributed by atoms with Crippen molar-refractivity contribution >= 4 is 5.91 Å². The molecule has 4 nitrogen and oxygen atoms in total.